The maximum Gasteiger partial charge on any atom is 0.0654 e. The molecule has 4 unspecified atom stereocenters. The molecule has 0 spiro atoms. The molecule has 15 heavy (non-hydrogen) atoms. The monoisotopic (exact) mass is 203 g/mol. The number of aryl methyl sites for hydroxylation is 1. The lowest BCUT2D eigenvalue weighted by atomic mass is 9.95. The van der Waals surface area contributed by atoms with Gasteiger partial charge in [-0.15, -0.1) is 0 Å². The summed E-state index contributed by atoms with van der Waals surface area (Å²) in [6.45, 7) is 2.22. The topological polar surface area (TPSA) is 33.1 Å². The Kier molecular flexibility index (Phi) is 2.06. The quantitative estimate of drug-likeness (QED) is 0.798. The van der Waals surface area contributed by atoms with E-state index >= 15 is 0 Å². The molecule has 1 fully saturated rings. The zero-order valence-corrected chi connectivity index (χ0v) is 9.06. The zero-order chi connectivity index (χ0) is 10.4. The molecule has 1 heterocycles. The fourth-order valence-electron chi connectivity index (χ4n) is 2.90. The van der Waals surface area contributed by atoms with Crippen LogP contribution in [0.25, 0.3) is 0 Å². The van der Waals surface area contributed by atoms with Crippen molar-refractivity contribution < 1.29 is 5.11 Å². The first-order valence-corrected chi connectivity index (χ1v) is 5.89. The molecule has 1 aromatic heterocycles. The SMILES string of the molecule is CC1CC1C(O)C1CCc2cccnc21. The minimum Gasteiger partial charge on any atom is -0.392 e. The average molecular weight is 203 g/mol. The van der Waals surface area contributed by atoms with Gasteiger partial charge in [0.1, 0.15) is 0 Å². The molecular formula is C13H17NO. The van der Waals surface area contributed by atoms with Crippen molar-refractivity contribution in [3.8, 4) is 0 Å². The van der Waals surface area contributed by atoms with Crippen molar-refractivity contribution in [1.29, 1.82) is 0 Å². The smallest absolute Gasteiger partial charge is 0.0654 e. The van der Waals surface area contributed by atoms with Crippen molar-refractivity contribution in [3.05, 3.63) is 29.6 Å². The van der Waals surface area contributed by atoms with E-state index in [1.165, 1.54) is 12.0 Å². The number of pyridine rings is 1. The number of rotatable bonds is 2. The summed E-state index contributed by atoms with van der Waals surface area (Å²) in [7, 11) is 0. The van der Waals surface area contributed by atoms with Gasteiger partial charge in [0.05, 0.1) is 6.10 Å². The minimum absolute atomic E-state index is 0.156. The lowest BCUT2D eigenvalue weighted by molar-refractivity contribution is 0.114. The highest BCUT2D eigenvalue weighted by Crippen LogP contribution is 2.47. The Labute approximate surface area is 90.4 Å². The normalized spacial score (nSPS) is 34.9. The van der Waals surface area contributed by atoms with E-state index in [2.05, 4.69) is 18.0 Å². The summed E-state index contributed by atoms with van der Waals surface area (Å²) in [5.74, 6) is 1.55. The van der Waals surface area contributed by atoms with Crippen molar-refractivity contribution in [2.75, 3.05) is 0 Å². The standard InChI is InChI=1S/C13H17NO/c1-8-7-11(8)13(15)10-5-4-9-3-2-6-14-12(9)10/h2-3,6,8,10-11,13,15H,4-5,7H2,1H3. The summed E-state index contributed by atoms with van der Waals surface area (Å²) in [6.07, 6.45) is 5.05. The molecule has 2 heteroatoms. The molecule has 4 atom stereocenters. The Hall–Kier alpha value is -0.890. The van der Waals surface area contributed by atoms with Gasteiger partial charge in [0.25, 0.3) is 0 Å². The van der Waals surface area contributed by atoms with Crippen LogP contribution in [0, 0.1) is 11.8 Å². The molecule has 0 amide bonds. The second kappa shape index (κ2) is 3.31. The minimum atomic E-state index is -0.156. The van der Waals surface area contributed by atoms with E-state index in [0.29, 0.717) is 17.8 Å². The Balaban J connectivity index is 1.84. The number of aromatic nitrogens is 1. The van der Waals surface area contributed by atoms with E-state index in [0.717, 1.165) is 18.5 Å². The van der Waals surface area contributed by atoms with Crippen molar-refractivity contribution in [2.45, 2.75) is 38.2 Å². The number of hydrogen-bond donors (Lipinski definition) is 1. The number of fused-ring (bicyclic) bond motifs is 1. The first-order valence-electron chi connectivity index (χ1n) is 5.89. The second-order valence-corrected chi connectivity index (χ2v) is 5.06. The third kappa shape index (κ3) is 1.48. The number of aliphatic hydroxyl groups excluding tert-OH is 1. The molecule has 0 aliphatic heterocycles. The van der Waals surface area contributed by atoms with Crippen LogP contribution in [0.3, 0.4) is 0 Å². The molecule has 1 saturated carbocycles. The van der Waals surface area contributed by atoms with Crippen molar-refractivity contribution in [1.82, 2.24) is 4.98 Å². The van der Waals surface area contributed by atoms with E-state index in [4.69, 9.17) is 0 Å². The van der Waals surface area contributed by atoms with Gasteiger partial charge in [0.15, 0.2) is 0 Å². The number of nitrogens with zero attached hydrogens (tertiary/aromatic N) is 1. The average Bonchev–Trinajstić information content (AvgIpc) is 2.83. The third-order valence-corrected chi connectivity index (χ3v) is 4.02. The number of hydrogen-bond acceptors (Lipinski definition) is 2. The van der Waals surface area contributed by atoms with Gasteiger partial charge >= 0.3 is 0 Å². The summed E-state index contributed by atoms with van der Waals surface area (Å²) in [6, 6.07) is 4.14. The molecule has 0 aromatic carbocycles. The van der Waals surface area contributed by atoms with Gasteiger partial charge in [-0.05, 0) is 42.7 Å². The fourth-order valence-corrected chi connectivity index (χ4v) is 2.90. The summed E-state index contributed by atoms with van der Waals surface area (Å²) >= 11 is 0. The van der Waals surface area contributed by atoms with Gasteiger partial charge < -0.3 is 5.11 Å². The molecule has 1 aromatic rings. The molecule has 0 saturated heterocycles. The van der Waals surface area contributed by atoms with Gasteiger partial charge in [-0.1, -0.05) is 13.0 Å². The molecule has 1 N–H and O–H groups in total. The second-order valence-electron chi connectivity index (χ2n) is 5.06. The lowest BCUT2D eigenvalue weighted by Crippen LogP contribution is -2.20. The highest BCUT2D eigenvalue weighted by molar-refractivity contribution is 5.30. The van der Waals surface area contributed by atoms with Crippen LogP contribution in [-0.4, -0.2) is 16.2 Å². The molecule has 2 nitrogen and oxygen atoms in total. The first kappa shape index (κ1) is 9.34. The predicted octanol–water partition coefficient (Wildman–Crippen LogP) is 2.13. The lowest BCUT2D eigenvalue weighted by Gasteiger charge is -2.18. The predicted molar refractivity (Wildman–Crippen MR) is 58.6 cm³/mol. The van der Waals surface area contributed by atoms with Gasteiger partial charge in [-0.2, -0.15) is 0 Å². The Morgan fingerprint density at radius 3 is 3.07 bits per heavy atom. The van der Waals surface area contributed by atoms with Crippen LogP contribution >= 0.6 is 0 Å². The summed E-state index contributed by atoms with van der Waals surface area (Å²) in [5.41, 5.74) is 2.50. The van der Waals surface area contributed by atoms with Crippen LogP contribution in [0.2, 0.25) is 0 Å². The van der Waals surface area contributed by atoms with Crippen molar-refractivity contribution >= 4 is 0 Å². The van der Waals surface area contributed by atoms with Crippen LogP contribution in [0.5, 0.6) is 0 Å². The van der Waals surface area contributed by atoms with E-state index in [9.17, 15) is 5.11 Å². The molecule has 3 rings (SSSR count). The molecule has 2 aliphatic carbocycles. The Morgan fingerprint density at radius 2 is 2.33 bits per heavy atom. The molecule has 2 aliphatic rings. The molecule has 80 valence electrons. The van der Waals surface area contributed by atoms with Gasteiger partial charge in [-0.25, -0.2) is 0 Å². The summed E-state index contributed by atoms with van der Waals surface area (Å²) in [4.78, 5) is 4.44. The van der Waals surface area contributed by atoms with E-state index in [-0.39, 0.29) is 6.10 Å². The van der Waals surface area contributed by atoms with E-state index < -0.39 is 0 Å². The van der Waals surface area contributed by atoms with Gasteiger partial charge in [-0.3, -0.25) is 4.98 Å². The Bertz CT molecular complexity index is 377. The van der Waals surface area contributed by atoms with Crippen molar-refractivity contribution in [2.24, 2.45) is 11.8 Å². The first-order chi connectivity index (χ1) is 7.27. The van der Waals surface area contributed by atoms with Crippen LogP contribution in [0.1, 0.15) is 36.9 Å². The van der Waals surface area contributed by atoms with Crippen molar-refractivity contribution in [3.63, 3.8) is 0 Å². The summed E-state index contributed by atoms with van der Waals surface area (Å²) < 4.78 is 0. The van der Waals surface area contributed by atoms with Crippen LogP contribution in [-0.2, 0) is 6.42 Å². The highest BCUT2D eigenvalue weighted by atomic mass is 16.3. The highest BCUT2D eigenvalue weighted by Gasteiger charge is 2.44. The molecule has 0 radical (unpaired) electrons. The Morgan fingerprint density at radius 1 is 1.53 bits per heavy atom. The molecular weight excluding hydrogens is 186 g/mol. The maximum atomic E-state index is 10.3. The van der Waals surface area contributed by atoms with Gasteiger partial charge in [0, 0.05) is 17.8 Å². The van der Waals surface area contributed by atoms with Crippen LogP contribution in [0.15, 0.2) is 18.3 Å². The van der Waals surface area contributed by atoms with Crippen LogP contribution in [0.4, 0.5) is 0 Å². The van der Waals surface area contributed by atoms with E-state index in [1.54, 1.807) is 0 Å². The maximum absolute atomic E-state index is 10.3. The van der Waals surface area contributed by atoms with E-state index in [1.807, 2.05) is 12.3 Å². The third-order valence-electron chi connectivity index (χ3n) is 4.02. The molecule has 0 bridgehead atoms. The number of aliphatic hydroxyl groups is 1. The largest absolute Gasteiger partial charge is 0.392 e. The van der Waals surface area contributed by atoms with Gasteiger partial charge in [0.2, 0.25) is 0 Å². The zero-order valence-electron chi connectivity index (χ0n) is 9.06. The fraction of sp³-hybridized carbons (Fsp3) is 0.615. The van der Waals surface area contributed by atoms with Crippen LogP contribution < -0.4 is 0 Å². The summed E-state index contributed by atoms with van der Waals surface area (Å²) in [5, 5.41) is 10.3.